The summed E-state index contributed by atoms with van der Waals surface area (Å²) >= 11 is 1.54. The van der Waals surface area contributed by atoms with E-state index in [4.69, 9.17) is 4.74 Å². The summed E-state index contributed by atoms with van der Waals surface area (Å²) in [6, 6.07) is 17.1. The van der Waals surface area contributed by atoms with Crippen molar-refractivity contribution in [1.82, 2.24) is 19.9 Å². The summed E-state index contributed by atoms with van der Waals surface area (Å²) in [5.74, 6) is 1.24. The SMILES string of the molecule is Cc1ccccc1-c1nc2scc(CCNC(=O)Oc3ccccc3)n2n1. The van der Waals surface area contributed by atoms with Gasteiger partial charge in [0.05, 0.1) is 5.69 Å². The Balaban J connectivity index is 1.41. The number of nitrogens with one attached hydrogen (secondary N) is 1. The maximum absolute atomic E-state index is 11.9. The van der Waals surface area contributed by atoms with Crippen molar-refractivity contribution < 1.29 is 9.53 Å². The predicted molar refractivity (Wildman–Crippen MR) is 105 cm³/mol. The fraction of sp³-hybridized carbons (Fsp3) is 0.150. The Bertz CT molecular complexity index is 1070. The molecule has 2 heterocycles. The number of carbonyl (C=O) groups excluding carboxylic acids is 1. The predicted octanol–water partition coefficient (Wildman–Crippen LogP) is 4.10. The molecule has 2 aromatic heterocycles. The van der Waals surface area contributed by atoms with Crippen LogP contribution in [0.2, 0.25) is 0 Å². The molecule has 0 bridgehead atoms. The van der Waals surface area contributed by atoms with E-state index in [9.17, 15) is 4.79 Å². The summed E-state index contributed by atoms with van der Waals surface area (Å²) in [6.45, 7) is 2.50. The second kappa shape index (κ2) is 7.59. The normalized spacial score (nSPS) is 10.9. The van der Waals surface area contributed by atoms with Gasteiger partial charge in [0.1, 0.15) is 5.75 Å². The molecule has 7 heteroatoms. The largest absolute Gasteiger partial charge is 0.412 e. The molecule has 0 radical (unpaired) electrons. The average Bonchev–Trinajstić information content (AvgIpc) is 3.24. The zero-order valence-corrected chi connectivity index (χ0v) is 15.6. The molecule has 2 aromatic carbocycles. The molecule has 4 aromatic rings. The molecule has 27 heavy (non-hydrogen) atoms. The van der Waals surface area contributed by atoms with Gasteiger partial charge >= 0.3 is 6.09 Å². The number of benzene rings is 2. The minimum atomic E-state index is -0.466. The lowest BCUT2D eigenvalue weighted by atomic mass is 10.1. The third-order valence-corrected chi connectivity index (χ3v) is 5.01. The van der Waals surface area contributed by atoms with Crippen molar-refractivity contribution in [2.45, 2.75) is 13.3 Å². The number of para-hydroxylation sites is 1. The highest BCUT2D eigenvalue weighted by molar-refractivity contribution is 7.15. The molecule has 6 nitrogen and oxygen atoms in total. The van der Waals surface area contributed by atoms with Gasteiger partial charge in [0, 0.05) is 23.9 Å². The zero-order chi connectivity index (χ0) is 18.6. The maximum atomic E-state index is 11.9. The Morgan fingerprint density at radius 2 is 1.93 bits per heavy atom. The highest BCUT2D eigenvalue weighted by Gasteiger charge is 2.13. The van der Waals surface area contributed by atoms with Crippen LogP contribution in [0, 0.1) is 6.92 Å². The van der Waals surface area contributed by atoms with Crippen LogP contribution in [-0.2, 0) is 6.42 Å². The second-order valence-corrected chi connectivity index (χ2v) is 6.89. The maximum Gasteiger partial charge on any atom is 0.412 e. The first kappa shape index (κ1) is 17.2. The first-order valence-electron chi connectivity index (χ1n) is 8.60. The Morgan fingerprint density at radius 3 is 2.74 bits per heavy atom. The number of ether oxygens (including phenoxy) is 1. The van der Waals surface area contributed by atoms with Gasteiger partial charge in [0.15, 0.2) is 5.82 Å². The summed E-state index contributed by atoms with van der Waals surface area (Å²) in [7, 11) is 0. The number of aromatic nitrogens is 3. The Kier molecular flexibility index (Phi) is 4.84. The molecule has 0 aliphatic heterocycles. The number of hydrogen-bond donors (Lipinski definition) is 1. The third-order valence-electron chi connectivity index (χ3n) is 4.14. The first-order valence-corrected chi connectivity index (χ1v) is 9.48. The van der Waals surface area contributed by atoms with Crippen molar-refractivity contribution in [3.8, 4) is 17.1 Å². The van der Waals surface area contributed by atoms with E-state index in [0.29, 0.717) is 18.7 Å². The molecular weight excluding hydrogens is 360 g/mol. The molecule has 1 amide bonds. The van der Waals surface area contributed by atoms with Gasteiger partial charge < -0.3 is 10.1 Å². The molecule has 0 aliphatic carbocycles. The van der Waals surface area contributed by atoms with E-state index in [0.717, 1.165) is 27.6 Å². The minimum absolute atomic E-state index is 0.455. The average molecular weight is 378 g/mol. The topological polar surface area (TPSA) is 68.5 Å². The van der Waals surface area contributed by atoms with Crippen LogP contribution in [0.1, 0.15) is 11.3 Å². The number of rotatable bonds is 5. The number of hydrogen-bond acceptors (Lipinski definition) is 5. The molecule has 0 saturated heterocycles. The van der Waals surface area contributed by atoms with Crippen molar-refractivity contribution in [1.29, 1.82) is 0 Å². The zero-order valence-electron chi connectivity index (χ0n) is 14.8. The van der Waals surface area contributed by atoms with Gasteiger partial charge in [-0.3, -0.25) is 0 Å². The van der Waals surface area contributed by atoms with Crippen LogP contribution in [0.5, 0.6) is 5.75 Å². The van der Waals surface area contributed by atoms with Gasteiger partial charge in [-0.15, -0.1) is 16.4 Å². The van der Waals surface area contributed by atoms with Crippen molar-refractivity contribution in [2.75, 3.05) is 6.54 Å². The van der Waals surface area contributed by atoms with Crippen molar-refractivity contribution in [2.24, 2.45) is 0 Å². The monoisotopic (exact) mass is 378 g/mol. The van der Waals surface area contributed by atoms with Crippen LogP contribution in [0.15, 0.2) is 60.0 Å². The molecular formula is C20H18N4O2S. The molecule has 0 atom stereocenters. The molecule has 4 rings (SSSR count). The molecule has 136 valence electrons. The standard InChI is InChI=1S/C20H18N4O2S/c1-14-7-5-6-10-17(14)18-22-19-24(23-18)15(13-27-19)11-12-21-20(25)26-16-8-3-2-4-9-16/h2-10,13H,11-12H2,1H3,(H,21,25). The fourth-order valence-electron chi connectivity index (χ4n) is 2.76. The van der Waals surface area contributed by atoms with E-state index in [1.165, 1.54) is 0 Å². The molecule has 0 aliphatic rings. The fourth-order valence-corrected chi connectivity index (χ4v) is 3.62. The van der Waals surface area contributed by atoms with Crippen LogP contribution in [0.3, 0.4) is 0 Å². The van der Waals surface area contributed by atoms with E-state index >= 15 is 0 Å². The summed E-state index contributed by atoms with van der Waals surface area (Å²) < 4.78 is 7.06. The second-order valence-electron chi connectivity index (χ2n) is 6.05. The van der Waals surface area contributed by atoms with E-state index in [-0.39, 0.29) is 0 Å². The molecule has 0 unspecified atom stereocenters. The van der Waals surface area contributed by atoms with E-state index in [2.05, 4.69) is 15.4 Å². The van der Waals surface area contributed by atoms with Crippen molar-refractivity contribution in [3.63, 3.8) is 0 Å². The van der Waals surface area contributed by atoms with Crippen LogP contribution >= 0.6 is 11.3 Å². The lowest BCUT2D eigenvalue weighted by Gasteiger charge is -2.05. The number of nitrogens with zero attached hydrogens (tertiary/aromatic N) is 3. The van der Waals surface area contributed by atoms with Crippen LogP contribution in [0.4, 0.5) is 4.79 Å². The molecule has 0 fully saturated rings. The van der Waals surface area contributed by atoms with Crippen molar-refractivity contribution >= 4 is 22.4 Å². The van der Waals surface area contributed by atoms with Gasteiger partial charge in [-0.2, -0.15) is 4.98 Å². The number of aryl methyl sites for hydroxylation is 1. The number of thiazole rings is 1. The lowest BCUT2D eigenvalue weighted by molar-refractivity contribution is 0.200. The van der Waals surface area contributed by atoms with Gasteiger partial charge in [0.25, 0.3) is 0 Å². The highest BCUT2D eigenvalue weighted by atomic mass is 32.1. The van der Waals surface area contributed by atoms with Gasteiger partial charge in [-0.1, -0.05) is 42.5 Å². The summed E-state index contributed by atoms with van der Waals surface area (Å²) in [6.07, 6.45) is 0.173. The quantitative estimate of drug-likeness (QED) is 0.568. The molecule has 0 spiro atoms. The third kappa shape index (κ3) is 3.83. The van der Waals surface area contributed by atoms with E-state index < -0.39 is 6.09 Å². The summed E-state index contributed by atoms with van der Waals surface area (Å²) in [5.41, 5.74) is 3.17. The van der Waals surface area contributed by atoms with E-state index in [1.807, 2.05) is 59.3 Å². The van der Waals surface area contributed by atoms with Crippen LogP contribution < -0.4 is 10.1 Å². The van der Waals surface area contributed by atoms with Gasteiger partial charge in [-0.25, -0.2) is 9.31 Å². The first-order chi connectivity index (χ1) is 13.2. The highest BCUT2D eigenvalue weighted by Crippen LogP contribution is 2.23. The van der Waals surface area contributed by atoms with Crippen LogP contribution in [-0.4, -0.2) is 27.2 Å². The molecule has 1 N–H and O–H groups in total. The minimum Gasteiger partial charge on any atom is -0.410 e. The lowest BCUT2D eigenvalue weighted by Crippen LogP contribution is -2.29. The Labute approximate surface area is 160 Å². The smallest absolute Gasteiger partial charge is 0.410 e. The Hall–Kier alpha value is -3.19. The van der Waals surface area contributed by atoms with Gasteiger partial charge in [0.2, 0.25) is 4.96 Å². The molecule has 0 saturated carbocycles. The number of amides is 1. The van der Waals surface area contributed by atoms with Crippen molar-refractivity contribution in [3.05, 3.63) is 71.2 Å². The number of fused-ring (bicyclic) bond motifs is 1. The summed E-state index contributed by atoms with van der Waals surface area (Å²) in [4.78, 5) is 17.3. The van der Waals surface area contributed by atoms with Crippen LogP contribution in [0.25, 0.3) is 16.3 Å². The number of carbonyl (C=O) groups is 1. The summed E-state index contributed by atoms with van der Waals surface area (Å²) in [5, 5.41) is 9.42. The Morgan fingerprint density at radius 1 is 1.15 bits per heavy atom. The van der Waals surface area contributed by atoms with Gasteiger partial charge in [-0.05, 0) is 24.6 Å². The van der Waals surface area contributed by atoms with E-state index in [1.54, 1.807) is 23.5 Å².